The Balaban J connectivity index is 1.42. The van der Waals surface area contributed by atoms with Gasteiger partial charge in [0.25, 0.3) is 0 Å². The maximum atomic E-state index is 14.9. The van der Waals surface area contributed by atoms with Crippen LogP contribution in [0.3, 0.4) is 0 Å². The lowest BCUT2D eigenvalue weighted by Crippen LogP contribution is -2.63. The second-order valence-electron chi connectivity index (χ2n) is 10.6. The average Bonchev–Trinajstić information content (AvgIpc) is 2.82. The molecule has 10 heteroatoms. The van der Waals surface area contributed by atoms with Gasteiger partial charge in [0.2, 0.25) is 5.88 Å². The number of ether oxygens (including phenoxy) is 4. The number of nitrogens with zero attached hydrogens (tertiary/aromatic N) is 2. The summed E-state index contributed by atoms with van der Waals surface area (Å²) in [6.45, 7) is 7.59. The van der Waals surface area contributed by atoms with Crippen molar-refractivity contribution in [1.82, 2.24) is 15.3 Å². The first-order chi connectivity index (χ1) is 17.0. The Morgan fingerprint density at radius 3 is 2.58 bits per heavy atom. The van der Waals surface area contributed by atoms with Crippen LogP contribution in [0.2, 0.25) is 0 Å². The standard InChI is InChI=1S/C26H34FN3O6/c1-5-33-21(31)15-34-20-7-6-19-22(29-20)17(18(27)14-28-19)8-9-26-12-10-25(11-13-26,16-35-26)30-23(32)36-24(2,3)4/h6-7,14H,5,8-13,15-16H2,1-4H3,(H,30,32). The molecule has 0 unspecified atom stereocenters. The number of aromatic nitrogens is 2. The van der Waals surface area contributed by atoms with Crippen LogP contribution >= 0.6 is 0 Å². The number of nitrogens with one attached hydrogen (secondary N) is 1. The summed E-state index contributed by atoms with van der Waals surface area (Å²) in [5.41, 5.74) is 0.0162. The van der Waals surface area contributed by atoms with Crippen LogP contribution in [0, 0.1) is 5.82 Å². The average molecular weight is 504 g/mol. The summed E-state index contributed by atoms with van der Waals surface area (Å²) in [4.78, 5) is 32.5. The number of halogens is 1. The molecule has 36 heavy (non-hydrogen) atoms. The quantitative estimate of drug-likeness (QED) is 0.533. The van der Waals surface area contributed by atoms with Crippen LogP contribution in [0.15, 0.2) is 18.3 Å². The molecule has 3 fully saturated rings. The van der Waals surface area contributed by atoms with Gasteiger partial charge in [-0.3, -0.25) is 4.98 Å². The lowest BCUT2D eigenvalue weighted by Gasteiger charge is -2.53. The molecule has 0 spiro atoms. The van der Waals surface area contributed by atoms with Crippen LogP contribution in [-0.4, -0.2) is 58.6 Å². The minimum atomic E-state index is -0.566. The Labute approximate surface area is 210 Å². The highest BCUT2D eigenvalue weighted by Gasteiger charge is 2.50. The number of pyridine rings is 2. The van der Waals surface area contributed by atoms with Crippen molar-refractivity contribution in [3.8, 4) is 5.88 Å². The summed E-state index contributed by atoms with van der Waals surface area (Å²) in [5, 5.41) is 3.02. The third-order valence-electron chi connectivity index (χ3n) is 6.75. The van der Waals surface area contributed by atoms with Crippen LogP contribution in [0.4, 0.5) is 9.18 Å². The number of rotatable bonds is 8. The minimum Gasteiger partial charge on any atom is -0.466 e. The third-order valence-corrected chi connectivity index (χ3v) is 6.75. The van der Waals surface area contributed by atoms with E-state index in [0.29, 0.717) is 36.0 Å². The van der Waals surface area contributed by atoms with E-state index in [1.807, 2.05) is 20.8 Å². The topological polar surface area (TPSA) is 109 Å². The van der Waals surface area contributed by atoms with Crippen LogP contribution in [-0.2, 0) is 25.4 Å². The fraction of sp³-hybridized carbons (Fsp3) is 0.615. The van der Waals surface area contributed by atoms with Crippen LogP contribution in [0.5, 0.6) is 5.88 Å². The summed E-state index contributed by atoms with van der Waals surface area (Å²) in [6.07, 6.45) is 4.86. The molecule has 4 heterocycles. The number of hydrogen-bond acceptors (Lipinski definition) is 8. The van der Waals surface area contributed by atoms with Gasteiger partial charge < -0.3 is 24.3 Å². The molecule has 1 N–H and O–H groups in total. The maximum absolute atomic E-state index is 14.9. The van der Waals surface area contributed by atoms with Crippen LogP contribution in [0.1, 0.15) is 65.4 Å². The van der Waals surface area contributed by atoms with Crippen molar-refractivity contribution in [3.63, 3.8) is 0 Å². The highest BCUT2D eigenvalue weighted by atomic mass is 19.1. The zero-order chi connectivity index (χ0) is 26.0. The fourth-order valence-electron chi connectivity index (χ4n) is 4.85. The number of hydrogen-bond donors (Lipinski definition) is 1. The lowest BCUT2D eigenvalue weighted by atomic mass is 9.69. The first-order valence-electron chi connectivity index (χ1n) is 12.4. The molecule has 1 saturated carbocycles. The SMILES string of the molecule is CCOC(=O)COc1ccc2ncc(F)c(CCC34CCC(NC(=O)OC(C)(C)C)(CC3)CO4)c2n1. The third kappa shape index (κ3) is 6.03. The summed E-state index contributed by atoms with van der Waals surface area (Å²) in [6, 6.07) is 3.29. The monoisotopic (exact) mass is 503 g/mol. The van der Waals surface area contributed by atoms with Crippen LogP contribution < -0.4 is 10.1 Å². The molecular weight excluding hydrogens is 469 g/mol. The van der Waals surface area contributed by atoms with E-state index in [0.717, 1.165) is 25.7 Å². The molecule has 9 nitrogen and oxygen atoms in total. The zero-order valence-corrected chi connectivity index (χ0v) is 21.3. The van der Waals surface area contributed by atoms with Crippen molar-refractivity contribution in [2.45, 2.75) is 83.0 Å². The smallest absolute Gasteiger partial charge is 0.408 e. The summed E-state index contributed by atoms with van der Waals surface area (Å²) in [5.74, 6) is -0.742. The fourth-order valence-corrected chi connectivity index (χ4v) is 4.85. The number of carbonyl (C=O) groups excluding carboxylic acids is 2. The largest absolute Gasteiger partial charge is 0.466 e. The van der Waals surface area contributed by atoms with Crippen LogP contribution in [0.25, 0.3) is 11.0 Å². The van der Waals surface area contributed by atoms with Gasteiger partial charge in [-0.15, -0.1) is 0 Å². The molecule has 5 rings (SSSR count). The first kappa shape index (κ1) is 26.1. The van der Waals surface area contributed by atoms with Gasteiger partial charge in [0.15, 0.2) is 6.61 Å². The molecule has 2 bridgehead atoms. The second-order valence-corrected chi connectivity index (χ2v) is 10.6. The van der Waals surface area contributed by atoms with Gasteiger partial charge in [-0.1, -0.05) is 0 Å². The highest BCUT2D eigenvalue weighted by molar-refractivity contribution is 5.78. The number of aryl methyl sites for hydroxylation is 1. The molecule has 196 valence electrons. The molecular formula is C26H34FN3O6. The number of carbonyl (C=O) groups is 2. The van der Waals surface area contributed by atoms with Crippen molar-refractivity contribution in [1.29, 1.82) is 0 Å². The van der Waals surface area contributed by atoms with Gasteiger partial charge in [-0.05, 0) is 72.3 Å². The Kier molecular flexibility index (Phi) is 7.36. The van der Waals surface area contributed by atoms with E-state index in [1.54, 1.807) is 19.1 Å². The maximum Gasteiger partial charge on any atom is 0.408 e. The molecule has 2 saturated heterocycles. The van der Waals surface area contributed by atoms with Gasteiger partial charge in [0.05, 0.1) is 41.6 Å². The predicted molar refractivity (Wildman–Crippen MR) is 129 cm³/mol. The van der Waals surface area contributed by atoms with Gasteiger partial charge in [-0.25, -0.2) is 19.0 Å². The molecule has 0 aromatic carbocycles. The highest BCUT2D eigenvalue weighted by Crippen LogP contribution is 2.46. The minimum absolute atomic E-state index is 0.201. The summed E-state index contributed by atoms with van der Waals surface area (Å²) in [7, 11) is 0. The predicted octanol–water partition coefficient (Wildman–Crippen LogP) is 4.25. The van der Waals surface area contributed by atoms with Gasteiger partial charge in [0, 0.05) is 11.6 Å². The van der Waals surface area contributed by atoms with E-state index in [4.69, 9.17) is 18.9 Å². The molecule has 2 aromatic rings. The Hall–Kier alpha value is -3.01. The lowest BCUT2D eigenvalue weighted by molar-refractivity contribution is -0.163. The Morgan fingerprint density at radius 1 is 1.19 bits per heavy atom. The van der Waals surface area contributed by atoms with E-state index in [-0.39, 0.29) is 24.7 Å². The van der Waals surface area contributed by atoms with Gasteiger partial charge in [0.1, 0.15) is 11.4 Å². The number of amides is 1. The molecule has 0 atom stereocenters. The van der Waals surface area contributed by atoms with E-state index >= 15 is 0 Å². The molecule has 0 radical (unpaired) electrons. The summed E-state index contributed by atoms with van der Waals surface area (Å²) >= 11 is 0. The Bertz CT molecular complexity index is 1110. The van der Waals surface area contributed by atoms with E-state index in [2.05, 4.69) is 15.3 Å². The molecule has 1 aliphatic carbocycles. The van der Waals surface area contributed by atoms with Crippen molar-refractivity contribution >= 4 is 23.1 Å². The van der Waals surface area contributed by atoms with E-state index in [1.165, 1.54) is 6.20 Å². The van der Waals surface area contributed by atoms with Crippen molar-refractivity contribution < 1.29 is 32.9 Å². The number of alkyl carbamates (subject to hydrolysis) is 1. The van der Waals surface area contributed by atoms with Crippen molar-refractivity contribution in [2.75, 3.05) is 19.8 Å². The molecule has 2 aromatic heterocycles. The number of esters is 1. The van der Waals surface area contributed by atoms with E-state index < -0.39 is 29.0 Å². The van der Waals surface area contributed by atoms with Crippen molar-refractivity contribution in [3.05, 3.63) is 29.7 Å². The van der Waals surface area contributed by atoms with E-state index in [9.17, 15) is 14.0 Å². The van der Waals surface area contributed by atoms with Gasteiger partial charge in [-0.2, -0.15) is 0 Å². The number of fused-ring (bicyclic) bond motifs is 4. The molecule has 2 aliphatic heterocycles. The Morgan fingerprint density at radius 2 is 1.94 bits per heavy atom. The van der Waals surface area contributed by atoms with Gasteiger partial charge >= 0.3 is 12.1 Å². The first-order valence-corrected chi connectivity index (χ1v) is 12.4. The second kappa shape index (κ2) is 10.2. The molecule has 1 amide bonds. The normalized spacial score (nSPS) is 23.4. The van der Waals surface area contributed by atoms with Crippen molar-refractivity contribution in [2.24, 2.45) is 0 Å². The molecule has 3 aliphatic rings. The zero-order valence-electron chi connectivity index (χ0n) is 21.3. The summed E-state index contributed by atoms with van der Waals surface area (Å²) < 4.78 is 36.9.